The zero-order chi connectivity index (χ0) is 12.6. The summed E-state index contributed by atoms with van der Waals surface area (Å²) in [5.41, 5.74) is 0.673. The van der Waals surface area contributed by atoms with Crippen LogP contribution in [-0.4, -0.2) is 27.2 Å². The fourth-order valence-corrected chi connectivity index (χ4v) is 1.63. The van der Waals surface area contributed by atoms with Crippen molar-refractivity contribution >= 4 is 11.9 Å². The second-order valence-corrected chi connectivity index (χ2v) is 5.19. The Balaban J connectivity index is 2.17. The summed E-state index contributed by atoms with van der Waals surface area (Å²) in [7, 11) is 1.81. The Labute approximate surface area is 100 Å². The summed E-state index contributed by atoms with van der Waals surface area (Å²) < 4.78 is 1.66. The normalized spacial score (nSPS) is 20.1. The van der Waals surface area contributed by atoms with E-state index in [2.05, 4.69) is 20.7 Å². The van der Waals surface area contributed by atoms with Gasteiger partial charge < -0.3 is 5.32 Å². The predicted octanol–water partition coefficient (Wildman–Crippen LogP) is 0.335. The average molecular weight is 235 g/mol. The summed E-state index contributed by atoms with van der Waals surface area (Å²) in [5.74, 6) is 0.404. The summed E-state index contributed by atoms with van der Waals surface area (Å²) in [6.07, 6.45) is 3.46. The van der Waals surface area contributed by atoms with Crippen LogP contribution in [-0.2, 0) is 11.8 Å². The Bertz CT molecular complexity index is 468. The lowest BCUT2D eigenvalue weighted by atomic mass is 10.1. The summed E-state index contributed by atoms with van der Waals surface area (Å²) in [4.78, 5) is 16.1. The Morgan fingerprint density at radius 2 is 2.18 bits per heavy atom. The summed E-state index contributed by atoms with van der Waals surface area (Å²) in [5, 5.41) is 9.92. The minimum Gasteiger partial charge on any atom is -0.351 e. The number of nitrogens with zero attached hydrogens (tertiary/aromatic N) is 3. The minimum absolute atomic E-state index is 0.121. The van der Waals surface area contributed by atoms with E-state index >= 15 is 0 Å². The van der Waals surface area contributed by atoms with Crippen molar-refractivity contribution in [1.82, 2.24) is 20.4 Å². The Morgan fingerprint density at radius 3 is 2.71 bits per heavy atom. The van der Waals surface area contributed by atoms with Gasteiger partial charge in [0.2, 0.25) is 0 Å². The van der Waals surface area contributed by atoms with Gasteiger partial charge in [0.15, 0.2) is 12.0 Å². The zero-order valence-corrected chi connectivity index (χ0v) is 10.5. The highest BCUT2D eigenvalue weighted by Crippen LogP contribution is 2.20. The summed E-state index contributed by atoms with van der Waals surface area (Å²) >= 11 is 0. The maximum absolute atomic E-state index is 11.8. The van der Waals surface area contributed by atoms with Crippen molar-refractivity contribution in [2.45, 2.75) is 32.4 Å². The molecule has 1 amide bonds. The molecule has 6 nitrogen and oxygen atoms in total. The monoisotopic (exact) mass is 235 g/mol. The maximum Gasteiger partial charge on any atom is 0.256 e. The molecule has 2 rings (SSSR count). The third kappa shape index (κ3) is 2.64. The van der Waals surface area contributed by atoms with Crippen molar-refractivity contribution in [2.75, 3.05) is 0 Å². The van der Waals surface area contributed by atoms with Gasteiger partial charge in [0.1, 0.15) is 0 Å². The smallest absolute Gasteiger partial charge is 0.256 e. The van der Waals surface area contributed by atoms with Gasteiger partial charge in [-0.1, -0.05) is 0 Å². The standard InChI is InChI=1S/C11H17N5O/c1-11(2,3)15-10-13-8(9(17)14-10)7-5-12-16(4)6-7/h5-6,8H,1-4H3,(H2,13,14,15,17). The number of aryl methyl sites for hydroxylation is 1. The van der Waals surface area contributed by atoms with E-state index in [1.165, 1.54) is 0 Å². The van der Waals surface area contributed by atoms with Gasteiger partial charge in [0.25, 0.3) is 5.91 Å². The van der Waals surface area contributed by atoms with Gasteiger partial charge in [0, 0.05) is 24.3 Å². The van der Waals surface area contributed by atoms with Crippen LogP contribution in [0.4, 0.5) is 0 Å². The molecule has 1 aromatic rings. The lowest BCUT2D eigenvalue weighted by molar-refractivity contribution is -0.120. The van der Waals surface area contributed by atoms with Crippen molar-refractivity contribution in [1.29, 1.82) is 0 Å². The third-order valence-corrected chi connectivity index (χ3v) is 2.28. The molecule has 92 valence electrons. The van der Waals surface area contributed by atoms with Crippen LogP contribution >= 0.6 is 0 Å². The van der Waals surface area contributed by atoms with E-state index in [9.17, 15) is 4.79 Å². The molecule has 2 N–H and O–H groups in total. The van der Waals surface area contributed by atoms with Crippen LogP contribution in [0.25, 0.3) is 0 Å². The first-order chi connectivity index (χ1) is 7.85. The van der Waals surface area contributed by atoms with Gasteiger partial charge in [-0.05, 0) is 20.8 Å². The van der Waals surface area contributed by atoms with Crippen LogP contribution in [0.15, 0.2) is 17.4 Å². The number of carbonyl (C=O) groups excluding carboxylic acids is 1. The molecule has 6 heteroatoms. The van der Waals surface area contributed by atoms with Gasteiger partial charge in [-0.25, -0.2) is 4.99 Å². The van der Waals surface area contributed by atoms with Crippen molar-refractivity contribution in [3.05, 3.63) is 18.0 Å². The maximum atomic E-state index is 11.8. The first-order valence-electron chi connectivity index (χ1n) is 5.50. The number of aliphatic imine (C=N–C) groups is 1. The average Bonchev–Trinajstić information content (AvgIpc) is 2.70. The van der Waals surface area contributed by atoms with E-state index in [-0.39, 0.29) is 11.4 Å². The van der Waals surface area contributed by atoms with E-state index in [1.807, 2.05) is 27.8 Å². The molecular formula is C11H17N5O. The molecule has 0 aromatic carbocycles. The lowest BCUT2D eigenvalue weighted by Crippen LogP contribution is -2.46. The quantitative estimate of drug-likeness (QED) is 0.737. The molecule has 1 aromatic heterocycles. The van der Waals surface area contributed by atoms with Gasteiger partial charge in [-0.3, -0.25) is 14.8 Å². The van der Waals surface area contributed by atoms with Crippen LogP contribution in [0, 0.1) is 0 Å². The molecule has 0 radical (unpaired) electrons. The van der Waals surface area contributed by atoms with Gasteiger partial charge in [-0.15, -0.1) is 0 Å². The van der Waals surface area contributed by atoms with Gasteiger partial charge in [-0.2, -0.15) is 5.10 Å². The van der Waals surface area contributed by atoms with Crippen LogP contribution in [0.5, 0.6) is 0 Å². The molecule has 0 spiro atoms. The topological polar surface area (TPSA) is 71.3 Å². The Hall–Kier alpha value is -1.85. The first kappa shape index (κ1) is 11.6. The Kier molecular flexibility index (Phi) is 2.65. The second-order valence-electron chi connectivity index (χ2n) is 5.19. The largest absolute Gasteiger partial charge is 0.351 e. The highest BCUT2D eigenvalue weighted by Gasteiger charge is 2.30. The molecular weight excluding hydrogens is 218 g/mol. The second kappa shape index (κ2) is 3.87. The van der Waals surface area contributed by atoms with Crippen LogP contribution in [0.1, 0.15) is 32.4 Å². The van der Waals surface area contributed by atoms with Crippen molar-refractivity contribution in [3.8, 4) is 0 Å². The predicted molar refractivity (Wildman–Crippen MR) is 64.4 cm³/mol. The Morgan fingerprint density at radius 1 is 1.47 bits per heavy atom. The fraction of sp³-hybridized carbons (Fsp3) is 0.545. The van der Waals surface area contributed by atoms with Crippen molar-refractivity contribution in [3.63, 3.8) is 0 Å². The number of guanidine groups is 1. The molecule has 1 atom stereocenters. The SMILES string of the molecule is Cn1cc(C2N=C(NC(C)(C)C)NC2=O)cn1. The molecule has 0 saturated heterocycles. The third-order valence-electron chi connectivity index (χ3n) is 2.28. The van der Waals surface area contributed by atoms with E-state index in [4.69, 9.17) is 0 Å². The van der Waals surface area contributed by atoms with Crippen LogP contribution < -0.4 is 10.6 Å². The molecule has 0 saturated carbocycles. The van der Waals surface area contributed by atoms with Gasteiger partial charge in [0.05, 0.1) is 6.20 Å². The summed E-state index contributed by atoms with van der Waals surface area (Å²) in [6, 6.07) is -0.492. The van der Waals surface area contributed by atoms with E-state index in [0.717, 1.165) is 5.56 Å². The minimum atomic E-state index is -0.492. The van der Waals surface area contributed by atoms with E-state index < -0.39 is 6.04 Å². The number of amides is 1. The number of nitrogens with one attached hydrogen (secondary N) is 2. The number of hydrogen-bond acceptors (Lipinski definition) is 4. The molecule has 0 bridgehead atoms. The molecule has 0 fully saturated rings. The van der Waals surface area contributed by atoms with Crippen LogP contribution in [0.3, 0.4) is 0 Å². The highest BCUT2D eigenvalue weighted by atomic mass is 16.2. The molecule has 0 aliphatic carbocycles. The van der Waals surface area contributed by atoms with Gasteiger partial charge >= 0.3 is 0 Å². The zero-order valence-electron chi connectivity index (χ0n) is 10.5. The van der Waals surface area contributed by atoms with Crippen molar-refractivity contribution < 1.29 is 4.79 Å². The summed E-state index contributed by atoms with van der Waals surface area (Å²) in [6.45, 7) is 6.04. The first-order valence-corrected chi connectivity index (χ1v) is 5.50. The molecule has 1 aliphatic heterocycles. The lowest BCUT2D eigenvalue weighted by Gasteiger charge is -2.21. The fourth-order valence-electron chi connectivity index (χ4n) is 1.63. The molecule has 1 aliphatic rings. The highest BCUT2D eigenvalue weighted by molar-refractivity contribution is 6.05. The number of aromatic nitrogens is 2. The van der Waals surface area contributed by atoms with E-state index in [0.29, 0.717) is 5.96 Å². The molecule has 17 heavy (non-hydrogen) atoms. The van der Waals surface area contributed by atoms with Crippen molar-refractivity contribution in [2.24, 2.45) is 12.0 Å². The van der Waals surface area contributed by atoms with Crippen LogP contribution in [0.2, 0.25) is 0 Å². The number of carbonyl (C=O) groups is 1. The van der Waals surface area contributed by atoms with E-state index in [1.54, 1.807) is 17.1 Å². The molecule has 1 unspecified atom stereocenters. The number of hydrogen-bond donors (Lipinski definition) is 2. The molecule has 2 heterocycles. The number of rotatable bonds is 1.